The van der Waals surface area contributed by atoms with E-state index in [1.807, 2.05) is 24.0 Å². The number of methoxy groups -OCH3 is 1. The van der Waals surface area contributed by atoms with Crippen LogP contribution in [0, 0.1) is 0 Å². The smallest absolute Gasteiger partial charge is 0.140 e. The van der Waals surface area contributed by atoms with E-state index in [1.54, 1.807) is 7.11 Å². The molecule has 0 aliphatic carbocycles. The third-order valence-electron chi connectivity index (χ3n) is 3.39. The molecule has 1 aliphatic rings. The predicted molar refractivity (Wildman–Crippen MR) is 78.7 cm³/mol. The maximum atomic E-state index is 5.30. The molecule has 0 aromatic carbocycles. The lowest BCUT2D eigenvalue weighted by Gasteiger charge is -2.18. The van der Waals surface area contributed by atoms with Crippen molar-refractivity contribution >= 4 is 33.3 Å². The van der Waals surface area contributed by atoms with E-state index in [1.165, 1.54) is 30.0 Å². The van der Waals surface area contributed by atoms with Crippen molar-refractivity contribution in [3.05, 3.63) is 28.6 Å². The summed E-state index contributed by atoms with van der Waals surface area (Å²) >= 11 is 5.55. The summed E-state index contributed by atoms with van der Waals surface area (Å²) in [6, 6.07) is 1.98. The van der Waals surface area contributed by atoms with Crippen LogP contribution in [0.1, 0.15) is 24.5 Å². The Morgan fingerprint density at radius 3 is 2.89 bits per heavy atom. The average molecular weight is 327 g/mol. The first-order valence-corrected chi connectivity index (χ1v) is 8.02. The van der Waals surface area contributed by atoms with E-state index in [0.29, 0.717) is 5.92 Å². The van der Waals surface area contributed by atoms with Gasteiger partial charge in [0.1, 0.15) is 11.4 Å². The Morgan fingerprint density at radius 1 is 1.39 bits per heavy atom. The van der Waals surface area contributed by atoms with Gasteiger partial charge in [-0.1, -0.05) is 0 Å². The van der Waals surface area contributed by atoms with E-state index < -0.39 is 0 Å². The van der Waals surface area contributed by atoms with Crippen LogP contribution >= 0.6 is 27.7 Å². The summed E-state index contributed by atoms with van der Waals surface area (Å²) in [5.74, 6) is 3.96. The van der Waals surface area contributed by atoms with Gasteiger partial charge < -0.3 is 9.14 Å². The Hall–Kier alpha value is -0.680. The lowest BCUT2D eigenvalue weighted by molar-refractivity contribution is 0.412. The van der Waals surface area contributed by atoms with Crippen LogP contribution in [0.3, 0.4) is 0 Å². The number of fused-ring (bicyclic) bond motifs is 1. The summed E-state index contributed by atoms with van der Waals surface area (Å²) in [7, 11) is 1.68. The second-order valence-electron chi connectivity index (χ2n) is 4.51. The quantitative estimate of drug-likeness (QED) is 0.841. The van der Waals surface area contributed by atoms with Gasteiger partial charge in [-0.3, -0.25) is 0 Å². The van der Waals surface area contributed by atoms with Gasteiger partial charge in [-0.05, 0) is 40.3 Å². The minimum absolute atomic E-state index is 0.621. The fourth-order valence-electron chi connectivity index (χ4n) is 2.36. The van der Waals surface area contributed by atoms with Crippen LogP contribution in [0.25, 0.3) is 5.65 Å². The molecular formula is C13H15BrN2OS. The van der Waals surface area contributed by atoms with Gasteiger partial charge in [0.15, 0.2) is 0 Å². The van der Waals surface area contributed by atoms with E-state index in [-0.39, 0.29) is 0 Å². The Balaban J connectivity index is 1.99. The highest BCUT2D eigenvalue weighted by Gasteiger charge is 2.19. The molecule has 0 amide bonds. The molecule has 1 fully saturated rings. The van der Waals surface area contributed by atoms with Crippen LogP contribution in [-0.4, -0.2) is 28.0 Å². The molecule has 18 heavy (non-hydrogen) atoms. The van der Waals surface area contributed by atoms with Gasteiger partial charge in [0.25, 0.3) is 0 Å². The van der Waals surface area contributed by atoms with Crippen molar-refractivity contribution in [2.45, 2.75) is 18.8 Å². The normalized spacial score (nSPS) is 17.2. The number of aromatic nitrogens is 2. The molecule has 0 atom stereocenters. The third kappa shape index (κ3) is 2.26. The molecule has 3 heterocycles. The second-order valence-corrected chi connectivity index (χ2v) is 6.59. The van der Waals surface area contributed by atoms with Crippen molar-refractivity contribution in [3.8, 4) is 5.75 Å². The van der Waals surface area contributed by atoms with Crippen LogP contribution in [0.5, 0.6) is 5.75 Å². The highest BCUT2D eigenvalue weighted by Crippen LogP contribution is 2.32. The molecule has 0 radical (unpaired) electrons. The van der Waals surface area contributed by atoms with Crippen molar-refractivity contribution in [1.82, 2.24) is 9.38 Å². The van der Waals surface area contributed by atoms with Crippen LogP contribution in [-0.2, 0) is 0 Å². The van der Waals surface area contributed by atoms with E-state index in [4.69, 9.17) is 9.72 Å². The first-order valence-electron chi connectivity index (χ1n) is 6.08. The maximum absolute atomic E-state index is 5.30. The summed E-state index contributed by atoms with van der Waals surface area (Å²) in [5.41, 5.74) is 2.18. The zero-order valence-electron chi connectivity index (χ0n) is 10.2. The van der Waals surface area contributed by atoms with Crippen LogP contribution < -0.4 is 4.74 Å². The number of hydrogen-bond donors (Lipinski definition) is 0. The fraction of sp³-hybridized carbons (Fsp3) is 0.462. The summed E-state index contributed by atoms with van der Waals surface area (Å²) in [6.45, 7) is 0. The molecule has 96 valence electrons. The van der Waals surface area contributed by atoms with Crippen molar-refractivity contribution < 1.29 is 4.74 Å². The van der Waals surface area contributed by atoms with E-state index in [2.05, 4.69) is 26.5 Å². The summed E-state index contributed by atoms with van der Waals surface area (Å²) in [5, 5.41) is 0. The molecule has 5 heteroatoms. The molecule has 1 saturated heterocycles. The highest BCUT2D eigenvalue weighted by atomic mass is 79.9. The molecule has 0 N–H and O–H groups in total. The molecule has 0 unspecified atom stereocenters. The van der Waals surface area contributed by atoms with Gasteiger partial charge in [-0.15, -0.1) is 0 Å². The van der Waals surface area contributed by atoms with Crippen molar-refractivity contribution in [2.75, 3.05) is 18.6 Å². The van der Waals surface area contributed by atoms with Crippen LogP contribution in [0.4, 0.5) is 0 Å². The van der Waals surface area contributed by atoms with Crippen molar-refractivity contribution in [3.63, 3.8) is 0 Å². The summed E-state index contributed by atoms with van der Waals surface area (Å²) in [6.07, 6.45) is 6.65. The number of pyridine rings is 1. The van der Waals surface area contributed by atoms with Crippen molar-refractivity contribution in [1.29, 1.82) is 0 Å². The molecule has 0 bridgehead atoms. The molecule has 3 rings (SSSR count). The molecular weight excluding hydrogens is 312 g/mol. The van der Waals surface area contributed by atoms with Crippen molar-refractivity contribution in [2.24, 2.45) is 0 Å². The monoisotopic (exact) mass is 326 g/mol. The van der Waals surface area contributed by atoms with E-state index in [0.717, 1.165) is 15.9 Å². The van der Waals surface area contributed by atoms with Gasteiger partial charge >= 0.3 is 0 Å². The lowest BCUT2D eigenvalue weighted by atomic mass is 10.00. The minimum Gasteiger partial charge on any atom is -0.495 e. The maximum Gasteiger partial charge on any atom is 0.140 e. The SMILES string of the molecule is COc1cc2nc(C3CCSCC3)cn2cc1Br. The number of imidazole rings is 1. The molecule has 2 aromatic heterocycles. The zero-order valence-corrected chi connectivity index (χ0v) is 12.6. The Morgan fingerprint density at radius 2 is 2.17 bits per heavy atom. The third-order valence-corrected chi connectivity index (χ3v) is 5.03. The molecule has 2 aromatic rings. The summed E-state index contributed by atoms with van der Waals surface area (Å²) in [4.78, 5) is 4.74. The number of ether oxygens (including phenoxy) is 1. The Bertz CT molecular complexity index is 563. The average Bonchev–Trinajstić information content (AvgIpc) is 2.81. The Labute approximate surface area is 119 Å². The number of thioether (sulfide) groups is 1. The number of hydrogen-bond acceptors (Lipinski definition) is 3. The summed E-state index contributed by atoms with van der Waals surface area (Å²) < 4.78 is 8.34. The van der Waals surface area contributed by atoms with Gasteiger partial charge in [0, 0.05) is 24.4 Å². The highest BCUT2D eigenvalue weighted by molar-refractivity contribution is 9.10. The standard InChI is InChI=1S/C13H15BrN2OS/c1-17-12-6-13-15-11(8-16(13)7-10(12)14)9-2-4-18-5-3-9/h6-9H,2-5H2,1H3. The number of nitrogens with zero attached hydrogens (tertiary/aromatic N) is 2. The largest absolute Gasteiger partial charge is 0.495 e. The predicted octanol–water partition coefficient (Wildman–Crippen LogP) is 3.72. The van der Waals surface area contributed by atoms with Gasteiger partial charge in [0.2, 0.25) is 0 Å². The van der Waals surface area contributed by atoms with Crippen LogP contribution in [0.15, 0.2) is 22.9 Å². The fourth-order valence-corrected chi connectivity index (χ4v) is 3.96. The first kappa shape index (κ1) is 12.4. The first-order chi connectivity index (χ1) is 8.78. The lowest BCUT2D eigenvalue weighted by Crippen LogP contribution is -2.07. The van der Waals surface area contributed by atoms with Gasteiger partial charge in [-0.2, -0.15) is 11.8 Å². The molecule has 3 nitrogen and oxygen atoms in total. The van der Waals surface area contributed by atoms with Gasteiger partial charge in [-0.25, -0.2) is 4.98 Å². The van der Waals surface area contributed by atoms with Gasteiger partial charge in [0.05, 0.1) is 17.3 Å². The molecule has 0 spiro atoms. The van der Waals surface area contributed by atoms with E-state index in [9.17, 15) is 0 Å². The molecule has 0 saturated carbocycles. The molecule has 1 aliphatic heterocycles. The van der Waals surface area contributed by atoms with E-state index >= 15 is 0 Å². The van der Waals surface area contributed by atoms with Crippen LogP contribution in [0.2, 0.25) is 0 Å². The minimum atomic E-state index is 0.621. The number of halogens is 1. The topological polar surface area (TPSA) is 26.5 Å². The second kappa shape index (κ2) is 5.13. The Kier molecular flexibility index (Phi) is 3.52. The zero-order chi connectivity index (χ0) is 12.5. The number of rotatable bonds is 2.